The first-order valence-electron chi connectivity index (χ1n) is 6.03. The average molecular weight is 251 g/mol. The highest BCUT2D eigenvalue weighted by atomic mass is 16.6. The van der Waals surface area contributed by atoms with E-state index < -0.39 is 4.92 Å². The van der Waals surface area contributed by atoms with Crippen LogP contribution in [0.15, 0.2) is 12.3 Å². The van der Waals surface area contributed by atoms with Crippen LogP contribution < -0.4 is 4.90 Å². The second-order valence-corrected chi connectivity index (χ2v) is 4.87. The van der Waals surface area contributed by atoms with E-state index in [1.54, 1.807) is 0 Å². The number of nitro groups is 1. The van der Waals surface area contributed by atoms with Crippen LogP contribution in [0.4, 0.5) is 11.5 Å². The minimum atomic E-state index is -0.438. The predicted molar refractivity (Wildman–Crippen MR) is 67.6 cm³/mol. The number of piperidine rings is 1. The van der Waals surface area contributed by atoms with E-state index in [2.05, 4.69) is 9.88 Å². The van der Waals surface area contributed by atoms with Crippen LogP contribution in [0.1, 0.15) is 18.9 Å². The Morgan fingerprint density at radius 1 is 1.61 bits per heavy atom. The van der Waals surface area contributed by atoms with Crippen LogP contribution in [0.25, 0.3) is 0 Å². The Balaban J connectivity index is 2.21. The number of hydrogen-bond donors (Lipinski definition) is 1. The molecule has 1 N–H and O–H groups in total. The van der Waals surface area contributed by atoms with E-state index in [1.807, 2.05) is 13.8 Å². The minimum Gasteiger partial charge on any atom is -0.393 e. The fraction of sp³-hybridized carbons (Fsp3) is 0.583. The van der Waals surface area contributed by atoms with Crippen LogP contribution >= 0.6 is 0 Å². The number of aliphatic hydroxyl groups excluding tert-OH is 1. The number of aromatic nitrogens is 1. The molecule has 0 radical (unpaired) electrons. The number of nitrogens with zero attached hydrogens (tertiary/aromatic N) is 3. The van der Waals surface area contributed by atoms with Crippen molar-refractivity contribution in [3.63, 3.8) is 0 Å². The summed E-state index contributed by atoms with van der Waals surface area (Å²) in [6.07, 6.45) is 1.73. The topological polar surface area (TPSA) is 79.5 Å². The number of anilines is 1. The Hall–Kier alpha value is -1.69. The lowest BCUT2D eigenvalue weighted by Gasteiger charge is -2.35. The molecule has 6 nitrogen and oxygen atoms in total. The summed E-state index contributed by atoms with van der Waals surface area (Å²) in [7, 11) is 0. The molecule has 2 atom stereocenters. The number of aryl methyl sites for hydroxylation is 1. The van der Waals surface area contributed by atoms with Gasteiger partial charge in [-0.1, -0.05) is 6.92 Å². The van der Waals surface area contributed by atoms with Crippen LogP contribution in [0.2, 0.25) is 0 Å². The Labute approximate surface area is 105 Å². The van der Waals surface area contributed by atoms with Gasteiger partial charge in [0.1, 0.15) is 12.0 Å². The lowest BCUT2D eigenvalue weighted by atomic mass is 9.96. The molecule has 1 aliphatic heterocycles. The van der Waals surface area contributed by atoms with Crippen LogP contribution in [-0.4, -0.2) is 34.2 Å². The zero-order valence-corrected chi connectivity index (χ0v) is 10.5. The summed E-state index contributed by atoms with van der Waals surface area (Å²) in [6.45, 7) is 5.28. The summed E-state index contributed by atoms with van der Waals surface area (Å²) >= 11 is 0. The van der Waals surface area contributed by atoms with Crippen molar-refractivity contribution in [2.75, 3.05) is 18.0 Å². The van der Waals surface area contributed by atoms with Gasteiger partial charge in [-0.25, -0.2) is 4.98 Å². The molecule has 18 heavy (non-hydrogen) atoms. The third-order valence-electron chi connectivity index (χ3n) is 3.41. The Bertz CT molecular complexity index is 464. The zero-order chi connectivity index (χ0) is 13.3. The van der Waals surface area contributed by atoms with E-state index in [0.717, 1.165) is 24.5 Å². The summed E-state index contributed by atoms with van der Waals surface area (Å²) in [6, 6.07) is 1.54. The molecule has 2 heterocycles. The normalized spacial score (nSPS) is 24.1. The van der Waals surface area contributed by atoms with Crippen molar-refractivity contribution in [2.24, 2.45) is 5.92 Å². The molecule has 98 valence electrons. The molecule has 1 saturated heterocycles. The monoisotopic (exact) mass is 251 g/mol. The summed E-state index contributed by atoms with van der Waals surface area (Å²) in [5, 5.41) is 20.3. The van der Waals surface area contributed by atoms with Crippen molar-refractivity contribution in [2.45, 2.75) is 26.4 Å². The fourth-order valence-electron chi connectivity index (χ4n) is 2.31. The minimum absolute atomic E-state index is 0.0151. The molecule has 0 saturated carbocycles. The predicted octanol–water partition coefficient (Wildman–Crippen LogP) is 1.51. The largest absolute Gasteiger partial charge is 0.393 e. The lowest BCUT2D eigenvalue weighted by Crippen LogP contribution is -2.42. The molecule has 1 aromatic heterocycles. The molecule has 1 fully saturated rings. The quantitative estimate of drug-likeness (QED) is 0.636. The van der Waals surface area contributed by atoms with E-state index in [9.17, 15) is 15.2 Å². The van der Waals surface area contributed by atoms with Crippen molar-refractivity contribution in [1.82, 2.24) is 4.98 Å². The smallest absolute Gasteiger partial charge is 0.287 e. The average Bonchev–Trinajstić information content (AvgIpc) is 2.32. The van der Waals surface area contributed by atoms with Gasteiger partial charge in [-0.05, 0) is 24.8 Å². The number of hydrogen-bond acceptors (Lipinski definition) is 5. The van der Waals surface area contributed by atoms with E-state index in [1.165, 1.54) is 12.3 Å². The Morgan fingerprint density at radius 3 is 2.89 bits per heavy atom. The summed E-state index contributed by atoms with van der Waals surface area (Å²) < 4.78 is 0. The highest BCUT2D eigenvalue weighted by Crippen LogP contribution is 2.26. The third kappa shape index (κ3) is 2.43. The lowest BCUT2D eigenvalue weighted by molar-refractivity contribution is -0.385. The second-order valence-electron chi connectivity index (χ2n) is 4.87. The second kappa shape index (κ2) is 4.89. The van der Waals surface area contributed by atoms with E-state index in [4.69, 9.17) is 0 Å². The van der Waals surface area contributed by atoms with E-state index >= 15 is 0 Å². The van der Waals surface area contributed by atoms with Crippen LogP contribution in [0.5, 0.6) is 0 Å². The van der Waals surface area contributed by atoms with Gasteiger partial charge in [-0.3, -0.25) is 10.1 Å². The maximum atomic E-state index is 10.7. The van der Waals surface area contributed by atoms with Gasteiger partial charge in [0, 0.05) is 19.2 Å². The first kappa shape index (κ1) is 12.8. The van der Waals surface area contributed by atoms with Gasteiger partial charge in [-0.15, -0.1) is 0 Å². The van der Waals surface area contributed by atoms with Gasteiger partial charge in [0.05, 0.1) is 11.0 Å². The number of rotatable bonds is 2. The maximum absolute atomic E-state index is 10.7. The van der Waals surface area contributed by atoms with Crippen molar-refractivity contribution >= 4 is 11.5 Å². The fourth-order valence-corrected chi connectivity index (χ4v) is 2.31. The summed E-state index contributed by atoms with van der Waals surface area (Å²) in [5.74, 6) is 0.967. The van der Waals surface area contributed by atoms with Crippen molar-refractivity contribution in [3.05, 3.63) is 27.9 Å². The van der Waals surface area contributed by atoms with Gasteiger partial charge in [0.2, 0.25) is 0 Å². The third-order valence-corrected chi connectivity index (χ3v) is 3.41. The molecule has 1 aliphatic rings. The standard InChI is InChI=1S/C12H17N3O3/c1-8-5-10(15(17)18)6-13-12(8)14-4-3-11(16)9(2)7-14/h5-6,9,11,16H,3-4,7H2,1-2H3. The van der Waals surface area contributed by atoms with Gasteiger partial charge < -0.3 is 10.0 Å². The van der Waals surface area contributed by atoms with Gasteiger partial charge in [0.25, 0.3) is 5.69 Å². The van der Waals surface area contributed by atoms with Gasteiger partial charge in [-0.2, -0.15) is 0 Å². The van der Waals surface area contributed by atoms with Crippen LogP contribution in [0.3, 0.4) is 0 Å². The molecule has 6 heteroatoms. The van der Waals surface area contributed by atoms with Crippen molar-refractivity contribution < 1.29 is 10.0 Å². The molecule has 0 aliphatic carbocycles. The Morgan fingerprint density at radius 2 is 2.33 bits per heavy atom. The van der Waals surface area contributed by atoms with Crippen LogP contribution in [0, 0.1) is 23.0 Å². The molecular formula is C12H17N3O3. The first-order chi connectivity index (χ1) is 8.49. The van der Waals surface area contributed by atoms with Crippen molar-refractivity contribution in [3.8, 4) is 0 Å². The molecule has 1 aromatic rings. The zero-order valence-electron chi connectivity index (χ0n) is 10.5. The van der Waals surface area contributed by atoms with E-state index in [0.29, 0.717) is 6.42 Å². The molecule has 0 amide bonds. The first-order valence-corrected chi connectivity index (χ1v) is 6.03. The Kier molecular flexibility index (Phi) is 3.47. The maximum Gasteiger partial charge on any atom is 0.287 e. The summed E-state index contributed by atoms with van der Waals surface area (Å²) in [4.78, 5) is 16.5. The SMILES string of the molecule is Cc1cc([N+](=O)[O-])cnc1N1CCC(O)C(C)C1. The molecule has 0 aromatic carbocycles. The molecule has 2 rings (SSSR count). The number of aliphatic hydroxyl groups is 1. The highest BCUT2D eigenvalue weighted by molar-refractivity contribution is 5.50. The van der Waals surface area contributed by atoms with E-state index in [-0.39, 0.29) is 17.7 Å². The van der Waals surface area contributed by atoms with Gasteiger partial charge >= 0.3 is 0 Å². The van der Waals surface area contributed by atoms with Crippen molar-refractivity contribution in [1.29, 1.82) is 0 Å². The molecular weight excluding hydrogens is 234 g/mol. The molecule has 2 unspecified atom stereocenters. The highest BCUT2D eigenvalue weighted by Gasteiger charge is 2.26. The van der Waals surface area contributed by atoms with Crippen LogP contribution in [-0.2, 0) is 0 Å². The number of pyridine rings is 1. The summed E-state index contributed by atoms with van der Waals surface area (Å²) in [5.41, 5.74) is 0.814. The molecule has 0 bridgehead atoms. The molecule has 0 spiro atoms. The van der Waals surface area contributed by atoms with Gasteiger partial charge in [0.15, 0.2) is 0 Å².